The van der Waals surface area contributed by atoms with Crippen molar-refractivity contribution in [2.24, 2.45) is 10.9 Å². The van der Waals surface area contributed by atoms with Gasteiger partial charge in [0.1, 0.15) is 5.84 Å². The Kier molecular flexibility index (Phi) is 5.36. The molecule has 0 aliphatic carbocycles. The van der Waals surface area contributed by atoms with E-state index in [4.69, 9.17) is 10.9 Å². The van der Waals surface area contributed by atoms with Crippen molar-refractivity contribution in [2.45, 2.75) is 25.8 Å². The molecule has 0 aliphatic heterocycles. The standard InChI is InChI=1S/C12H19N3O/c1-10(14-8-7-12(13)15-16)9-11-5-3-2-4-6-11/h2-6,10,14,16H,7-9H2,1H3,(H2,13,15). The first-order valence-corrected chi connectivity index (χ1v) is 5.46. The summed E-state index contributed by atoms with van der Waals surface area (Å²) in [6.45, 7) is 2.85. The van der Waals surface area contributed by atoms with Crippen LogP contribution in [0.1, 0.15) is 18.9 Å². The van der Waals surface area contributed by atoms with Crippen molar-refractivity contribution in [3.63, 3.8) is 0 Å². The largest absolute Gasteiger partial charge is 0.409 e. The van der Waals surface area contributed by atoms with Crippen LogP contribution in [0.25, 0.3) is 0 Å². The number of hydrogen-bond acceptors (Lipinski definition) is 3. The van der Waals surface area contributed by atoms with Gasteiger partial charge in [-0.1, -0.05) is 35.5 Å². The fourth-order valence-corrected chi connectivity index (χ4v) is 1.54. The Morgan fingerprint density at radius 2 is 2.12 bits per heavy atom. The molecule has 1 atom stereocenters. The van der Waals surface area contributed by atoms with Crippen molar-refractivity contribution in [3.05, 3.63) is 35.9 Å². The van der Waals surface area contributed by atoms with Crippen LogP contribution in [-0.4, -0.2) is 23.6 Å². The van der Waals surface area contributed by atoms with E-state index in [1.165, 1.54) is 5.56 Å². The average Bonchev–Trinajstić information content (AvgIpc) is 2.30. The minimum atomic E-state index is 0.263. The molecule has 4 nitrogen and oxygen atoms in total. The Labute approximate surface area is 96.2 Å². The molecule has 1 rings (SSSR count). The molecule has 88 valence electrons. The first-order chi connectivity index (χ1) is 7.72. The van der Waals surface area contributed by atoms with E-state index in [2.05, 4.69) is 29.5 Å². The number of rotatable bonds is 6. The molecule has 0 radical (unpaired) electrons. The lowest BCUT2D eigenvalue weighted by molar-refractivity contribution is 0.316. The van der Waals surface area contributed by atoms with Gasteiger partial charge in [-0.15, -0.1) is 0 Å². The summed E-state index contributed by atoms with van der Waals surface area (Å²) in [6.07, 6.45) is 1.55. The van der Waals surface area contributed by atoms with E-state index in [1.54, 1.807) is 0 Å². The highest BCUT2D eigenvalue weighted by atomic mass is 16.4. The maximum Gasteiger partial charge on any atom is 0.140 e. The van der Waals surface area contributed by atoms with E-state index in [1.807, 2.05) is 18.2 Å². The zero-order valence-electron chi connectivity index (χ0n) is 9.56. The molecular weight excluding hydrogens is 202 g/mol. The van der Waals surface area contributed by atoms with Crippen LogP contribution in [0.4, 0.5) is 0 Å². The number of nitrogens with two attached hydrogens (primary N) is 1. The third kappa shape index (κ3) is 4.79. The molecule has 4 N–H and O–H groups in total. The predicted molar refractivity (Wildman–Crippen MR) is 65.6 cm³/mol. The molecule has 1 unspecified atom stereocenters. The van der Waals surface area contributed by atoms with Gasteiger partial charge in [-0.3, -0.25) is 0 Å². The van der Waals surface area contributed by atoms with E-state index in [0.29, 0.717) is 12.5 Å². The van der Waals surface area contributed by atoms with Crippen LogP contribution in [0, 0.1) is 0 Å². The van der Waals surface area contributed by atoms with Gasteiger partial charge in [0.25, 0.3) is 0 Å². The van der Waals surface area contributed by atoms with Gasteiger partial charge in [0.05, 0.1) is 0 Å². The molecule has 0 bridgehead atoms. The van der Waals surface area contributed by atoms with Gasteiger partial charge >= 0.3 is 0 Å². The van der Waals surface area contributed by atoms with Crippen LogP contribution in [0.5, 0.6) is 0 Å². The van der Waals surface area contributed by atoms with Gasteiger partial charge in [-0.2, -0.15) is 0 Å². The normalized spacial score (nSPS) is 13.7. The highest BCUT2D eigenvalue weighted by Gasteiger charge is 2.02. The summed E-state index contributed by atoms with van der Waals surface area (Å²) in [4.78, 5) is 0. The topological polar surface area (TPSA) is 70.6 Å². The van der Waals surface area contributed by atoms with Crippen LogP contribution in [0.2, 0.25) is 0 Å². The first kappa shape index (κ1) is 12.5. The average molecular weight is 221 g/mol. The molecule has 4 heteroatoms. The fourth-order valence-electron chi connectivity index (χ4n) is 1.54. The quantitative estimate of drug-likeness (QED) is 0.294. The highest BCUT2D eigenvalue weighted by Crippen LogP contribution is 2.02. The Balaban J connectivity index is 2.24. The molecule has 0 heterocycles. The summed E-state index contributed by atoms with van der Waals surface area (Å²) in [5.41, 5.74) is 6.68. The predicted octanol–water partition coefficient (Wildman–Crippen LogP) is 1.34. The van der Waals surface area contributed by atoms with E-state index < -0.39 is 0 Å². The molecule has 0 aromatic heterocycles. The molecule has 0 fully saturated rings. The molecule has 0 aliphatic rings. The lowest BCUT2D eigenvalue weighted by Crippen LogP contribution is -2.31. The van der Waals surface area contributed by atoms with Crippen molar-refractivity contribution in [2.75, 3.05) is 6.54 Å². The molecule has 0 saturated heterocycles. The summed E-state index contributed by atoms with van der Waals surface area (Å²) in [5.74, 6) is 0.263. The minimum Gasteiger partial charge on any atom is -0.409 e. The number of oxime groups is 1. The molecule has 1 aromatic carbocycles. The Hall–Kier alpha value is -1.55. The third-order valence-electron chi connectivity index (χ3n) is 2.39. The van der Waals surface area contributed by atoms with Gasteiger partial charge in [0, 0.05) is 19.0 Å². The van der Waals surface area contributed by atoms with Gasteiger partial charge in [-0.25, -0.2) is 0 Å². The first-order valence-electron chi connectivity index (χ1n) is 5.46. The fraction of sp³-hybridized carbons (Fsp3) is 0.417. The maximum absolute atomic E-state index is 8.37. The zero-order valence-corrected chi connectivity index (χ0v) is 9.56. The second-order valence-electron chi connectivity index (χ2n) is 3.89. The summed E-state index contributed by atoms with van der Waals surface area (Å²) in [6, 6.07) is 10.7. The number of hydrogen-bond donors (Lipinski definition) is 3. The smallest absolute Gasteiger partial charge is 0.140 e. The van der Waals surface area contributed by atoms with Crippen molar-refractivity contribution in [1.82, 2.24) is 5.32 Å². The van der Waals surface area contributed by atoms with Crippen LogP contribution >= 0.6 is 0 Å². The summed E-state index contributed by atoms with van der Waals surface area (Å²) >= 11 is 0. The molecule has 16 heavy (non-hydrogen) atoms. The van der Waals surface area contributed by atoms with Crippen molar-refractivity contribution in [1.29, 1.82) is 0 Å². The number of benzene rings is 1. The Morgan fingerprint density at radius 3 is 2.75 bits per heavy atom. The van der Waals surface area contributed by atoms with Gasteiger partial charge in [0.2, 0.25) is 0 Å². The number of nitrogens with zero attached hydrogens (tertiary/aromatic N) is 1. The van der Waals surface area contributed by atoms with Crippen LogP contribution < -0.4 is 11.1 Å². The second-order valence-corrected chi connectivity index (χ2v) is 3.89. The van der Waals surface area contributed by atoms with Gasteiger partial charge in [0.15, 0.2) is 0 Å². The van der Waals surface area contributed by atoms with Crippen LogP contribution in [0.15, 0.2) is 35.5 Å². The van der Waals surface area contributed by atoms with E-state index >= 15 is 0 Å². The molecule has 0 saturated carbocycles. The summed E-state index contributed by atoms with van der Waals surface area (Å²) < 4.78 is 0. The lowest BCUT2D eigenvalue weighted by atomic mass is 10.1. The Bertz CT molecular complexity index is 324. The monoisotopic (exact) mass is 221 g/mol. The van der Waals surface area contributed by atoms with Crippen molar-refractivity contribution in [3.8, 4) is 0 Å². The second kappa shape index (κ2) is 6.85. The zero-order chi connectivity index (χ0) is 11.8. The lowest BCUT2D eigenvalue weighted by Gasteiger charge is -2.13. The molecule has 1 aromatic rings. The summed E-state index contributed by atoms with van der Waals surface area (Å²) in [5, 5.41) is 14.6. The van der Waals surface area contributed by atoms with E-state index in [-0.39, 0.29) is 5.84 Å². The number of nitrogens with one attached hydrogen (secondary N) is 1. The maximum atomic E-state index is 8.37. The minimum absolute atomic E-state index is 0.263. The molecule has 0 spiro atoms. The van der Waals surface area contributed by atoms with Crippen LogP contribution in [-0.2, 0) is 6.42 Å². The summed E-state index contributed by atoms with van der Waals surface area (Å²) in [7, 11) is 0. The van der Waals surface area contributed by atoms with Gasteiger partial charge < -0.3 is 16.3 Å². The highest BCUT2D eigenvalue weighted by molar-refractivity contribution is 5.79. The third-order valence-corrected chi connectivity index (χ3v) is 2.39. The molecular formula is C12H19N3O. The van der Waals surface area contributed by atoms with Crippen LogP contribution in [0.3, 0.4) is 0 Å². The number of amidine groups is 1. The Morgan fingerprint density at radius 1 is 1.44 bits per heavy atom. The SMILES string of the molecule is CC(Cc1ccccc1)NCCC(N)=NO. The van der Waals surface area contributed by atoms with Gasteiger partial charge in [-0.05, 0) is 18.9 Å². The van der Waals surface area contributed by atoms with E-state index in [0.717, 1.165) is 13.0 Å². The molecule has 0 amide bonds. The van der Waals surface area contributed by atoms with E-state index in [9.17, 15) is 0 Å². The van der Waals surface area contributed by atoms with Crippen molar-refractivity contribution >= 4 is 5.84 Å². The van der Waals surface area contributed by atoms with Crippen molar-refractivity contribution < 1.29 is 5.21 Å².